The van der Waals surface area contributed by atoms with Crippen LogP contribution in [0, 0.1) is 29.1 Å². The lowest BCUT2D eigenvalue weighted by Crippen LogP contribution is -2.21. The summed E-state index contributed by atoms with van der Waals surface area (Å²) in [5.41, 5.74) is 0. The molecule has 1 rings (SSSR count). The van der Waals surface area contributed by atoms with Gasteiger partial charge in [-0.3, -0.25) is 0 Å². The van der Waals surface area contributed by atoms with Crippen LogP contribution < -0.4 is 5.30 Å². The van der Waals surface area contributed by atoms with Crippen LogP contribution in [0.15, 0.2) is 0 Å². The molecule has 20 heavy (non-hydrogen) atoms. The van der Waals surface area contributed by atoms with Crippen LogP contribution in [0.3, 0.4) is 0 Å². The number of rotatable bonds is 7. The van der Waals surface area contributed by atoms with E-state index in [4.69, 9.17) is 0 Å². The molecule has 0 fully saturated rings. The van der Waals surface area contributed by atoms with Gasteiger partial charge in [-0.2, -0.15) is 0 Å². The normalized spacial score (nSPS) is 12.8. The molecule has 1 unspecified atom stereocenters. The molecule has 1 aromatic rings. The zero-order valence-electron chi connectivity index (χ0n) is 11.0. The van der Waals surface area contributed by atoms with Gasteiger partial charge in [-0.05, 0) is 20.5 Å². The first-order valence-electron chi connectivity index (χ1n) is 6.28. The second-order valence-electron chi connectivity index (χ2n) is 4.36. The van der Waals surface area contributed by atoms with Crippen molar-refractivity contribution in [3.05, 3.63) is 29.1 Å². The van der Waals surface area contributed by atoms with Gasteiger partial charge in [0.1, 0.15) is 6.42 Å². The van der Waals surface area contributed by atoms with E-state index < -0.39 is 48.7 Å². The van der Waals surface area contributed by atoms with Gasteiger partial charge in [0.2, 0.25) is 5.82 Å². The smallest absolute Gasteiger partial charge is 0.200 e. The van der Waals surface area contributed by atoms with Crippen molar-refractivity contribution in [1.82, 2.24) is 0 Å². The second-order valence-corrected chi connectivity index (χ2v) is 6.58. The highest BCUT2D eigenvalue weighted by atomic mass is 31.1. The van der Waals surface area contributed by atoms with Gasteiger partial charge in [-0.25, -0.2) is 26.3 Å². The van der Waals surface area contributed by atoms with Gasteiger partial charge in [-0.15, -0.1) is 0 Å². The van der Waals surface area contributed by atoms with Gasteiger partial charge < -0.3 is 0 Å². The number of unbranched alkanes of at least 4 members (excludes halogenated alkanes) is 3. The number of hydrogen-bond acceptors (Lipinski definition) is 0. The van der Waals surface area contributed by atoms with Crippen LogP contribution in [0.25, 0.3) is 0 Å². The van der Waals surface area contributed by atoms with Crippen molar-refractivity contribution in [3.63, 3.8) is 0 Å². The third-order valence-corrected chi connectivity index (χ3v) is 5.10. The largest absolute Gasteiger partial charge is 0.246 e. The maximum atomic E-state index is 13.5. The van der Waals surface area contributed by atoms with E-state index in [0.29, 0.717) is 6.42 Å². The van der Waals surface area contributed by atoms with Crippen LogP contribution in [0.1, 0.15) is 32.6 Å². The average Bonchev–Trinajstić information content (AvgIpc) is 2.45. The van der Waals surface area contributed by atoms with Gasteiger partial charge in [0.25, 0.3) is 0 Å². The van der Waals surface area contributed by atoms with E-state index in [9.17, 15) is 26.3 Å². The molecule has 0 saturated heterocycles. The summed E-state index contributed by atoms with van der Waals surface area (Å²) < 4.78 is 79.1. The highest BCUT2D eigenvalue weighted by Gasteiger charge is 2.30. The minimum Gasteiger partial charge on any atom is -0.246 e. The van der Waals surface area contributed by atoms with Crippen LogP contribution in [0.2, 0.25) is 0 Å². The maximum absolute atomic E-state index is 13.5. The van der Waals surface area contributed by atoms with Crippen LogP contribution >= 0.6 is 7.92 Å². The predicted octanol–water partition coefficient (Wildman–Crippen LogP) is 5.00. The SMILES string of the molecule is CCCCCCP(CF)c1c(F)c(F)c(F)c(F)c1F. The highest BCUT2D eigenvalue weighted by molar-refractivity contribution is 7.65. The summed E-state index contributed by atoms with van der Waals surface area (Å²) in [7, 11) is -2.02. The molecule has 0 aromatic heterocycles. The van der Waals surface area contributed by atoms with Gasteiger partial charge in [0.05, 0.1) is 5.30 Å². The Kier molecular flexibility index (Phi) is 6.80. The molecule has 0 saturated carbocycles. The molecule has 0 bridgehead atoms. The molecule has 1 aromatic carbocycles. The van der Waals surface area contributed by atoms with Crippen LogP contribution in [0.5, 0.6) is 0 Å². The Morgan fingerprint density at radius 1 is 0.750 bits per heavy atom. The molecular weight excluding hydrogens is 301 g/mol. The van der Waals surface area contributed by atoms with E-state index in [1.54, 1.807) is 0 Å². The summed E-state index contributed by atoms with van der Waals surface area (Å²) in [5.74, 6) is -10.0. The van der Waals surface area contributed by atoms with E-state index in [-0.39, 0.29) is 6.16 Å². The molecule has 0 aliphatic rings. The lowest BCUT2D eigenvalue weighted by atomic mass is 10.2. The fraction of sp³-hybridized carbons (Fsp3) is 0.538. The summed E-state index contributed by atoms with van der Waals surface area (Å²) in [5, 5.41) is -0.976. The summed E-state index contributed by atoms with van der Waals surface area (Å²) in [6.45, 7) is 1.96. The van der Waals surface area contributed by atoms with Crippen LogP contribution in [-0.4, -0.2) is 12.6 Å². The lowest BCUT2D eigenvalue weighted by Gasteiger charge is -2.17. The minimum atomic E-state index is -2.21. The molecule has 0 spiro atoms. The van der Waals surface area contributed by atoms with E-state index in [1.165, 1.54) is 0 Å². The first-order chi connectivity index (χ1) is 9.45. The quantitative estimate of drug-likeness (QED) is 0.218. The zero-order valence-corrected chi connectivity index (χ0v) is 11.9. The van der Waals surface area contributed by atoms with E-state index in [0.717, 1.165) is 19.3 Å². The Labute approximate surface area is 114 Å². The molecule has 0 amide bonds. The van der Waals surface area contributed by atoms with Gasteiger partial charge in [0, 0.05) is 0 Å². The van der Waals surface area contributed by atoms with Crippen molar-refractivity contribution >= 4 is 13.2 Å². The number of benzene rings is 1. The van der Waals surface area contributed by atoms with E-state index in [1.807, 2.05) is 6.92 Å². The summed E-state index contributed by atoms with van der Waals surface area (Å²) in [6.07, 6.45) is 2.07. The monoisotopic (exact) mass is 316 g/mol. The third-order valence-electron chi connectivity index (χ3n) is 2.93. The number of hydrogen-bond donors (Lipinski definition) is 0. The molecule has 0 heterocycles. The summed E-state index contributed by atoms with van der Waals surface area (Å²) in [4.78, 5) is 0. The average molecular weight is 316 g/mol. The Balaban J connectivity index is 3.03. The molecule has 1 atom stereocenters. The molecule has 0 aliphatic heterocycles. The Morgan fingerprint density at radius 2 is 1.25 bits per heavy atom. The molecule has 0 aliphatic carbocycles. The van der Waals surface area contributed by atoms with Gasteiger partial charge in [0.15, 0.2) is 23.3 Å². The molecule has 7 heteroatoms. The minimum absolute atomic E-state index is 0.115. The first-order valence-corrected chi connectivity index (χ1v) is 7.99. The van der Waals surface area contributed by atoms with Gasteiger partial charge in [-0.1, -0.05) is 26.2 Å². The topological polar surface area (TPSA) is 0 Å². The molecule has 0 nitrogen and oxygen atoms in total. The summed E-state index contributed by atoms with van der Waals surface area (Å²) >= 11 is 0. The molecule has 114 valence electrons. The summed E-state index contributed by atoms with van der Waals surface area (Å²) in [6, 6.07) is 0. The van der Waals surface area contributed by atoms with Crippen molar-refractivity contribution < 1.29 is 26.3 Å². The van der Waals surface area contributed by atoms with Crippen molar-refractivity contribution in [1.29, 1.82) is 0 Å². The maximum Gasteiger partial charge on any atom is 0.200 e. The van der Waals surface area contributed by atoms with Crippen molar-refractivity contribution in [2.75, 3.05) is 12.6 Å². The number of alkyl halides is 1. The van der Waals surface area contributed by atoms with Crippen LogP contribution in [0.4, 0.5) is 26.3 Å². The standard InChI is InChI=1S/C13H15F6P/c1-2-3-4-5-6-20(7-14)13-11(18)9(16)8(15)10(17)12(13)19/h2-7H2,1H3. The molecular formula is C13H15F6P. The number of halogens is 6. The van der Waals surface area contributed by atoms with E-state index >= 15 is 0 Å². The Morgan fingerprint density at radius 3 is 1.70 bits per heavy atom. The predicted molar refractivity (Wildman–Crippen MR) is 67.8 cm³/mol. The van der Waals surface area contributed by atoms with E-state index in [2.05, 4.69) is 0 Å². The second kappa shape index (κ2) is 7.87. The van der Waals surface area contributed by atoms with Gasteiger partial charge >= 0.3 is 0 Å². The highest BCUT2D eigenvalue weighted by Crippen LogP contribution is 2.39. The Hall–Kier alpha value is -0.770. The molecule has 0 N–H and O–H groups in total. The third kappa shape index (κ3) is 3.66. The first kappa shape index (κ1) is 17.3. The zero-order chi connectivity index (χ0) is 15.3. The van der Waals surface area contributed by atoms with Crippen molar-refractivity contribution in [3.8, 4) is 0 Å². The van der Waals surface area contributed by atoms with Crippen molar-refractivity contribution in [2.45, 2.75) is 32.6 Å². The van der Waals surface area contributed by atoms with Crippen LogP contribution in [-0.2, 0) is 0 Å². The fourth-order valence-electron chi connectivity index (χ4n) is 1.83. The van der Waals surface area contributed by atoms with Crippen molar-refractivity contribution in [2.24, 2.45) is 0 Å². The Bertz CT molecular complexity index is 434. The fourth-order valence-corrected chi connectivity index (χ4v) is 3.65. The lowest BCUT2D eigenvalue weighted by molar-refractivity contribution is 0.384. The molecule has 0 radical (unpaired) electrons.